The minimum absolute atomic E-state index is 0.0658. The molecular weight excluding hydrogens is 322 g/mol. The zero-order valence-corrected chi connectivity index (χ0v) is 13.8. The van der Waals surface area contributed by atoms with Gasteiger partial charge in [-0.15, -0.1) is 0 Å². The Kier molecular flexibility index (Phi) is 7.12. The molecule has 0 spiro atoms. The van der Waals surface area contributed by atoms with Gasteiger partial charge in [-0.3, -0.25) is 4.79 Å². The molecule has 0 unspecified atom stereocenters. The highest BCUT2D eigenvalue weighted by molar-refractivity contribution is 6.43. The summed E-state index contributed by atoms with van der Waals surface area (Å²) in [5.74, 6) is -1.32. The molecule has 7 heteroatoms. The number of benzene rings is 2. The van der Waals surface area contributed by atoms with Gasteiger partial charge in [-0.1, -0.05) is 42.5 Å². The van der Waals surface area contributed by atoms with Crippen molar-refractivity contribution < 1.29 is 19.2 Å². The molecule has 0 aliphatic heterocycles. The van der Waals surface area contributed by atoms with Gasteiger partial charge in [0.05, 0.1) is 6.04 Å². The van der Waals surface area contributed by atoms with Crippen molar-refractivity contribution in [3.63, 3.8) is 0 Å². The van der Waals surface area contributed by atoms with E-state index in [1.807, 2.05) is 30.3 Å². The average molecular weight is 344 g/mol. The molecule has 132 valence electrons. The SMILES string of the molecule is N[C@@H](Cc1ccccc1)C(=O)NC[C@@H](Cc1ccc(F)cc1)B(O)O. The largest absolute Gasteiger partial charge is 0.456 e. The molecule has 0 aromatic heterocycles. The molecule has 0 saturated heterocycles. The molecule has 2 aromatic rings. The van der Waals surface area contributed by atoms with Crippen LogP contribution in [0.4, 0.5) is 4.39 Å². The average Bonchev–Trinajstić information content (AvgIpc) is 2.60. The molecule has 5 nitrogen and oxygen atoms in total. The van der Waals surface area contributed by atoms with Crippen molar-refractivity contribution in [3.05, 3.63) is 71.5 Å². The second kappa shape index (κ2) is 9.32. The van der Waals surface area contributed by atoms with Gasteiger partial charge in [-0.25, -0.2) is 4.39 Å². The van der Waals surface area contributed by atoms with Gasteiger partial charge in [0.15, 0.2) is 0 Å². The highest BCUT2D eigenvalue weighted by atomic mass is 19.1. The summed E-state index contributed by atoms with van der Waals surface area (Å²) in [6.45, 7) is 0.0658. The van der Waals surface area contributed by atoms with Crippen molar-refractivity contribution in [1.82, 2.24) is 5.32 Å². The zero-order valence-electron chi connectivity index (χ0n) is 13.8. The molecule has 0 saturated carbocycles. The van der Waals surface area contributed by atoms with E-state index in [-0.39, 0.29) is 18.3 Å². The van der Waals surface area contributed by atoms with Crippen LogP contribution in [0.5, 0.6) is 0 Å². The fourth-order valence-corrected chi connectivity index (χ4v) is 2.53. The van der Waals surface area contributed by atoms with Crippen LogP contribution in [0.15, 0.2) is 54.6 Å². The number of amides is 1. The summed E-state index contributed by atoms with van der Waals surface area (Å²) in [6.07, 6.45) is 0.698. The number of carbonyl (C=O) groups is 1. The van der Waals surface area contributed by atoms with E-state index in [0.717, 1.165) is 11.1 Å². The summed E-state index contributed by atoms with van der Waals surface area (Å²) in [7, 11) is -1.60. The Morgan fingerprint density at radius 2 is 1.64 bits per heavy atom. The van der Waals surface area contributed by atoms with E-state index >= 15 is 0 Å². The molecule has 0 aliphatic carbocycles. The van der Waals surface area contributed by atoms with Crippen LogP contribution in [0.1, 0.15) is 11.1 Å². The van der Waals surface area contributed by atoms with Crippen molar-refractivity contribution in [3.8, 4) is 0 Å². The lowest BCUT2D eigenvalue weighted by Crippen LogP contribution is -2.44. The summed E-state index contributed by atoms with van der Waals surface area (Å²) >= 11 is 0. The van der Waals surface area contributed by atoms with Crippen LogP contribution < -0.4 is 11.1 Å². The molecule has 0 fully saturated rings. The second-order valence-corrected chi connectivity index (χ2v) is 6.05. The first-order valence-corrected chi connectivity index (χ1v) is 8.13. The van der Waals surface area contributed by atoms with Gasteiger partial charge in [0, 0.05) is 12.4 Å². The van der Waals surface area contributed by atoms with Crippen LogP contribution in [0, 0.1) is 5.82 Å². The van der Waals surface area contributed by atoms with Crippen molar-refractivity contribution in [2.75, 3.05) is 6.54 Å². The fourth-order valence-electron chi connectivity index (χ4n) is 2.53. The van der Waals surface area contributed by atoms with Gasteiger partial charge in [0.2, 0.25) is 5.91 Å². The predicted molar refractivity (Wildman–Crippen MR) is 95.2 cm³/mol. The van der Waals surface area contributed by atoms with Gasteiger partial charge < -0.3 is 21.1 Å². The summed E-state index contributed by atoms with van der Waals surface area (Å²) in [4.78, 5) is 12.1. The summed E-state index contributed by atoms with van der Waals surface area (Å²) in [5.41, 5.74) is 7.61. The smallest absolute Gasteiger partial charge is 0.427 e. The Morgan fingerprint density at radius 3 is 2.24 bits per heavy atom. The quantitative estimate of drug-likeness (QED) is 0.535. The van der Waals surface area contributed by atoms with Crippen LogP contribution in [0.3, 0.4) is 0 Å². The van der Waals surface area contributed by atoms with E-state index < -0.39 is 19.0 Å². The Bertz CT molecular complexity index is 668. The summed E-state index contributed by atoms with van der Waals surface area (Å²) in [6, 6.07) is 14.5. The van der Waals surface area contributed by atoms with Crippen LogP contribution >= 0.6 is 0 Å². The minimum atomic E-state index is -1.60. The van der Waals surface area contributed by atoms with Crippen molar-refractivity contribution in [1.29, 1.82) is 0 Å². The van der Waals surface area contributed by atoms with Gasteiger partial charge in [-0.2, -0.15) is 0 Å². The molecule has 0 aliphatic rings. The lowest BCUT2D eigenvalue weighted by Gasteiger charge is -2.18. The molecule has 25 heavy (non-hydrogen) atoms. The number of rotatable bonds is 8. The Morgan fingerprint density at radius 1 is 1.04 bits per heavy atom. The number of hydrogen-bond acceptors (Lipinski definition) is 4. The van der Waals surface area contributed by atoms with Crippen LogP contribution in [-0.4, -0.2) is 35.7 Å². The number of hydrogen-bond donors (Lipinski definition) is 4. The topological polar surface area (TPSA) is 95.6 Å². The van der Waals surface area contributed by atoms with Gasteiger partial charge in [0.1, 0.15) is 5.82 Å². The number of halogens is 1. The van der Waals surface area contributed by atoms with Gasteiger partial charge in [0.25, 0.3) is 0 Å². The number of carbonyl (C=O) groups excluding carboxylic acids is 1. The van der Waals surface area contributed by atoms with E-state index in [9.17, 15) is 19.2 Å². The van der Waals surface area contributed by atoms with Crippen LogP contribution in [-0.2, 0) is 17.6 Å². The molecule has 2 atom stereocenters. The van der Waals surface area contributed by atoms with Gasteiger partial charge >= 0.3 is 7.12 Å². The van der Waals surface area contributed by atoms with E-state index in [1.54, 1.807) is 12.1 Å². The van der Waals surface area contributed by atoms with Gasteiger partial charge in [-0.05, 0) is 36.1 Å². The van der Waals surface area contributed by atoms with Crippen LogP contribution in [0.25, 0.3) is 0 Å². The first-order chi connectivity index (χ1) is 12.0. The lowest BCUT2D eigenvalue weighted by atomic mass is 9.69. The molecule has 5 N–H and O–H groups in total. The lowest BCUT2D eigenvalue weighted by molar-refractivity contribution is -0.122. The van der Waals surface area contributed by atoms with Crippen molar-refractivity contribution >= 4 is 13.0 Å². The molecule has 0 radical (unpaired) electrons. The number of nitrogens with one attached hydrogen (secondary N) is 1. The maximum absolute atomic E-state index is 12.9. The third kappa shape index (κ3) is 6.30. The number of nitrogens with two attached hydrogens (primary N) is 1. The molecule has 0 bridgehead atoms. The molecule has 2 rings (SSSR count). The van der Waals surface area contributed by atoms with E-state index in [2.05, 4.69) is 5.32 Å². The third-order valence-corrected chi connectivity index (χ3v) is 4.01. The first-order valence-electron chi connectivity index (χ1n) is 8.13. The first kappa shape index (κ1) is 19.1. The predicted octanol–water partition coefficient (Wildman–Crippen LogP) is 0.897. The normalized spacial score (nSPS) is 13.1. The highest BCUT2D eigenvalue weighted by Crippen LogP contribution is 2.15. The third-order valence-electron chi connectivity index (χ3n) is 4.01. The van der Waals surface area contributed by atoms with E-state index in [4.69, 9.17) is 5.73 Å². The standard InChI is InChI=1S/C18H22BFN2O3/c20-16-8-6-14(7-9-16)10-15(19(24)25)12-22-18(23)17(21)11-13-4-2-1-3-5-13/h1-9,15,17,24-25H,10-12,21H2,(H,22,23)/t15-,17+/m1/s1. The Labute approximate surface area is 146 Å². The Balaban J connectivity index is 1.87. The monoisotopic (exact) mass is 344 g/mol. The fraction of sp³-hybridized carbons (Fsp3) is 0.278. The Hall–Kier alpha value is -2.22. The molecule has 1 amide bonds. The maximum Gasteiger partial charge on any atom is 0.456 e. The van der Waals surface area contributed by atoms with E-state index in [0.29, 0.717) is 12.8 Å². The van der Waals surface area contributed by atoms with E-state index in [1.165, 1.54) is 12.1 Å². The molecular formula is C18H22BFN2O3. The summed E-state index contributed by atoms with van der Waals surface area (Å²) in [5, 5.41) is 21.7. The molecule has 2 aromatic carbocycles. The van der Waals surface area contributed by atoms with Crippen molar-refractivity contribution in [2.24, 2.45) is 5.73 Å². The minimum Gasteiger partial charge on any atom is -0.427 e. The highest BCUT2D eigenvalue weighted by Gasteiger charge is 2.25. The van der Waals surface area contributed by atoms with Crippen molar-refractivity contribution in [2.45, 2.75) is 24.7 Å². The zero-order chi connectivity index (χ0) is 18.2. The summed E-state index contributed by atoms with van der Waals surface area (Å²) < 4.78 is 12.9. The van der Waals surface area contributed by atoms with Crippen LogP contribution in [0.2, 0.25) is 5.82 Å². The molecule has 0 heterocycles. The maximum atomic E-state index is 12.9. The second-order valence-electron chi connectivity index (χ2n) is 6.05.